The highest BCUT2D eigenvalue weighted by Gasteiger charge is 2.43. The molecule has 1 amide bonds. The van der Waals surface area contributed by atoms with E-state index in [4.69, 9.17) is 0 Å². The molecule has 4 rings (SSSR count). The molecule has 0 radical (unpaired) electrons. The summed E-state index contributed by atoms with van der Waals surface area (Å²) in [5.41, 5.74) is 4.49. The number of hydrogen-bond acceptors (Lipinski definition) is 4. The maximum atomic E-state index is 12.4. The maximum Gasteiger partial charge on any atom is 0.234 e. The summed E-state index contributed by atoms with van der Waals surface area (Å²) in [5, 5.41) is 12.7. The number of carbonyl (C=O) groups excluding carboxylic acids is 1. The number of benzene rings is 2. The molecule has 1 aliphatic rings. The molecule has 3 aromatic rings. The van der Waals surface area contributed by atoms with Crippen molar-refractivity contribution in [1.29, 1.82) is 0 Å². The summed E-state index contributed by atoms with van der Waals surface area (Å²) in [7, 11) is 0. The van der Waals surface area contributed by atoms with E-state index in [0.717, 1.165) is 35.2 Å². The lowest BCUT2D eigenvalue weighted by Crippen LogP contribution is -2.15. The summed E-state index contributed by atoms with van der Waals surface area (Å²) >= 11 is 1.45. The Hall–Kier alpha value is -2.60. The van der Waals surface area contributed by atoms with Crippen LogP contribution in [-0.2, 0) is 11.3 Å². The van der Waals surface area contributed by atoms with Crippen LogP contribution >= 0.6 is 11.8 Å². The average molecular weight is 407 g/mol. The number of nitrogens with zero attached hydrogens (tertiary/aromatic N) is 3. The zero-order chi connectivity index (χ0) is 20.4. The van der Waals surface area contributed by atoms with E-state index in [1.54, 1.807) is 0 Å². The monoisotopic (exact) mass is 406 g/mol. The maximum absolute atomic E-state index is 12.4. The smallest absolute Gasteiger partial charge is 0.234 e. The molecule has 150 valence electrons. The van der Waals surface area contributed by atoms with Crippen molar-refractivity contribution in [2.45, 2.75) is 50.7 Å². The van der Waals surface area contributed by atoms with Crippen LogP contribution in [0.1, 0.15) is 47.7 Å². The van der Waals surface area contributed by atoms with Gasteiger partial charge in [0, 0.05) is 18.2 Å². The minimum atomic E-state index is -0.0252. The van der Waals surface area contributed by atoms with Crippen molar-refractivity contribution in [3.05, 3.63) is 71.0 Å². The highest BCUT2D eigenvalue weighted by atomic mass is 32.2. The van der Waals surface area contributed by atoms with E-state index in [-0.39, 0.29) is 5.91 Å². The molecule has 5 nitrogen and oxygen atoms in total. The van der Waals surface area contributed by atoms with Crippen LogP contribution < -0.4 is 5.32 Å². The largest absolute Gasteiger partial charge is 0.325 e. The van der Waals surface area contributed by atoms with Crippen molar-refractivity contribution >= 4 is 23.4 Å². The Balaban J connectivity index is 1.39. The number of aryl methyl sites for hydroxylation is 2. The van der Waals surface area contributed by atoms with E-state index >= 15 is 0 Å². The van der Waals surface area contributed by atoms with Gasteiger partial charge < -0.3 is 9.88 Å². The van der Waals surface area contributed by atoms with Crippen LogP contribution in [0, 0.1) is 13.8 Å². The van der Waals surface area contributed by atoms with Gasteiger partial charge in [0.1, 0.15) is 5.82 Å². The molecule has 2 aromatic carbocycles. The first-order valence-corrected chi connectivity index (χ1v) is 11.0. The molecule has 1 N–H and O–H groups in total. The number of rotatable bonds is 7. The predicted molar refractivity (Wildman–Crippen MR) is 118 cm³/mol. The van der Waals surface area contributed by atoms with Gasteiger partial charge in [-0.05, 0) is 50.3 Å². The fourth-order valence-corrected chi connectivity index (χ4v) is 4.61. The van der Waals surface area contributed by atoms with Crippen molar-refractivity contribution < 1.29 is 4.79 Å². The van der Waals surface area contributed by atoms with Gasteiger partial charge in [0.2, 0.25) is 5.91 Å². The Labute approximate surface area is 175 Å². The molecule has 1 fully saturated rings. The number of amides is 1. The molecule has 1 saturated carbocycles. The number of aromatic nitrogens is 3. The van der Waals surface area contributed by atoms with Gasteiger partial charge in [0.05, 0.1) is 5.75 Å². The summed E-state index contributed by atoms with van der Waals surface area (Å²) in [6.07, 6.45) is 1.11. The number of thioether (sulfide) groups is 1. The van der Waals surface area contributed by atoms with Gasteiger partial charge in [0.15, 0.2) is 5.16 Å². The minimum Gasteiger partial charge on any atom is -0.325 e. The third-order valence-corrected chi connectivity index (χ3v) is 6.37. The lowest BCUT2D eigenvalue weighted by molar-refractivity contribution is -0.113. The van der Waals surface area contributed by atoms with Gasteiger partial charge in [-0.2, -0.15) is 0 Å². The van der Waals surface area contributed by atoms with E-state index in [1.165, 1.54) is 22.9 Å². The van der Waals surface area contributed by atoms with Crippen molar-refractivity contribution in [2.75, 3.05) is 11.1 Å². The first-order valence-electron chi connectivity index (χ1n) is 10.0. The molecule has 0 aliphatic heterocycles. The van der Waals surface area contributed by atoms with E-state index in [9.17, 15) is 4.79 Å². The lowest BCUT2D eigenvalue weighted by atomic mass is 10.1. The molecule has 1 aromatic heterocycles. The number of anilines is 1. The third-order valence-electron chi connectivity index (χ3n) is 5.40. The van der Waals surface area contributed by atoms with E-state index in [2.05, 4.69) is 57.3 Å². The Morgan fingerprint density at radius 2 is 1.93 bits per heavy atom. The summed E-state index contributed by atoms with van der Waals surface area (Å²) in [6, 6.07) is 16.6. The molecule has 0 spiro atoms. The van der Waals surface area contributed by atoms with Crippen molar-refractivity contribution in [3.8, 4) is 0 Å². The van der Waals surface area contributed by atoms with Crippen molar-refractivity contribution in [1.82, 2.24) is 14.8 Å². The van der Waals surface area contributed by atoms with Crippen molar-refractivity contribution in [3.63, 3.8) is 0 Å². The summed E-state index contributed by atoms with van der Waals surface area (Å²) in [5.74, 6) is 2.28. The zero-order valence-corrected chi connectivity index (χ0v) is 17.9. The topological polar surface area (TPSA) is 59.8 Å². The van der Waals surface area contributed by atoms with Gasteiger partial charge >= 0.3 is 0 Å². The summed E-state index contributed by atoms with van der Waals surface area (Å²) < 4.78 is 2.16. The van der Waals surface area contributed by atoms with Gasteiger partial charge in [-0.15, -0.1) is 10.2 Å². The molecular formula is C23H26N4OS. The summed E-state index contributed by atoms with van der Waals surface area (Å²) in [6.45, 7) is 6.97. The van der Waals surface area contributed by atoms with E-state index in [1.807, 2.05) is 32.0 Å². The number of carbonyl (C=O) groups is 1. The number of nitrogens with one attached hydrogen (secondary N) is 1. The molecular weight excluding hydrogens is 380 g/mol. The molecule has 2 unspecified atom stereocenters. The molecule has 29 heavy (non-hydrogen) atoms. The first kappa shape index (κ1) is 19.7. The van der Waals surface area contributed by atoms with E-state index < -0.39 is 0 Å². The van der Waals surface area contributed by atoms with Crippen LogP contribution in [-0.4, -0.2) is 26.4 Å². The second-order valence-electron chi connectivity index (χ2n) is 7.60. The highest BCUT2D eigenvalue weighted by molar-refractivity contribution is 7.99. The third kappa shape index (κ3) is 4.37. The fourth-order valence-electron chi connectivity index (χ4n) is 3.80. The molecule has 1 heterocycles. The fraction of sp³-hybridized carbons (Fsp3) is 0.348. The second kappa shape index (κ2) is 8.41. The highest BCUT2D eigenvalue weighted by Crippen LogP contribution is 2.54. The quantitative estimate of drug-likeness (QED) is 0.566. The first-order chi connectivity index (χ1) is 14.1. The second-order valence-corrected chi connectivity index (χ2v) is 8.54. The van der Waals surface area contributed by atoms with E-state index in [0.29, 0.717) is 17.6 Å². The Bertz CT molecular complexity index is 1010. The SMILES string of the molecule is CCn1c(SCC(=O)Nc2ccc(C)cc2C)nnc1C1CC1c1ccccc1. The van der Waals surface area contributed by atoms with Crippen LogP contribution in [0.3, 0.4) is 0 Å². The molecule has 6 heteroatoms. The van der Waals surface area contributed by atoms with Crippen LogP contribution in [0.2, 0.25) is 0 Å². The van der Waals surface area contributed by atoms with Crippen LogP contribution in [0.15, 0.2) is 53.7 Å². The molecule has 2 atom stereocenters. The van der Waals surface area contributed by atoms with Crippen LogP contribution in [0.25, 0.3) is 0 Å². The van der Waals surface area contributed by atoms with Crippen molar-refractivity contribution in [2.24, 2.45) is 0 Å². The number of hydrogen-bond donors (Lipinski definition) is 1. The zero-order valence-electron chi connectivity index (χ0n) is 17.1. The standard InChI is InChI=1S/C23H26N4OS/c1-4-27-22(19-13-18(19)17-8-6-5-7-9-17)25-26-23(27)29-14-21(28)24-20-11-10-15(2)12-16(20)3/h5-12,18-19H,4,13-14H2,1-3H3,(H,24,28). The average Bonchev–Trinajstić information content (AvgIpc) is 3.41. The molecule has 1 aliphatic carbocycles. The Morgan fingerprint density at radius 1 is 1.14 bits per heavy atom. The van der Waals surface area contributed by atoms with Crippen LogP contribution in [0.5, 0.6) is 0 Å². The minimum absolute atomic E-state index is 0.0252. The van der Waals surface area contributed by atoms with Gasteiger partial charge in [-0.25, -0.2) is 0 Å². The normalized spacial score (nSPS) is 17.9. The van der Waals surface area contributed by atoms with Gasteiger partial charge in [0.25, 0.3) is 0 Å². The predicted octanol–water partition coefficient (Wildman–Crippen LogP) is 4.92. The van der Waals surface area contributed by atoms with Gasteiger partial charge in [-0.3, -0.25) is 4.79 Å². The molecule has 0 saturated heterocycles. The van der Waals surface area contributed by atoms with Gasteiger partial charge in [-0.1, -0.05) is 59.8 Å². The Kier molecular flexibility index (Phi) is 5.72. The Morgan fingerprint density at radius 3 is 2.66 bits per heavy atom. The lowest BCUT2D eigenvalue weighted by Gasteiger charge is -2.10. The van der Waals surface area contributed by atoms with Crippen LogP contribution in [0.4, 0.5) is 5.69 Å². The molecule has 0 bridgehead atoms. The summed E-state index contributed by atoms with van der Waals surface area (Å²) in [4.78, 5) is 12.4.